The third-order valence-corrected chi connectivity index (χ3v) is 4.88. The van der Waals surface area contributed by atoms with Gasteiger partial charge in [0, 0.05) is 37.1 Å². The lowest BCUT2D eigenvalue weighted by atomic mass is 10.1. The van der Waals surface area contributed by atoms with Gasteiger partial charge in [-0.1, -0.05) is 18.2 Å². The van der Waals surface area contributed by atoms with Gasteiger partial charge in [0.05, 0.1) is 13.2 Å². The number of alkyl halides is 1. The lowest BCUT2D eigenvalue weighted by Gasteiger charge is -2.33. The van der Waals surface area contributed by atoms with Crippen LogP contribution in [0.15, 0.2) is 73.1 Å². The van der Waals surface area contributed by atoms with E-state index in [0.717, 1.165) is 11.3 Å². The normalized spacial score (nSPS) is 17.7. The van der Waals surface area contributed by atoms with E-state index in [-0.39, 0.29) is 12.0 Å². The number of aromatic nitrogens is 1. The van der Waals surface area contributed by atoms with Crippen LogP contribution in [0.4, 0.5) is 4.39 Å². The Kier molecular flexibility index (Phi) is 5.62. The second-order valence-electron chi connectivity index (χ2n) is 6.98. The van der Waals surface area contributed by atoms with E-state index < -0.39 is 6.36 Å². The van der Waals surface area contributed by atoms with Gasteiger partial charge in [-0.25, -0.2) is 4.39 Å². The van der Waals surface area contributed by atoms with Gasteiger partial charge in [-0.3, -0.25) is 4.79 Å². The van der Waals surface area contributed by atoms with Gasteiger partial charge in [0.1, 0.15) is 11.9 Å². The second-order valence-corrected chi connectivity index (χ2v) is 6.98. The zero-order valence-electron chi connectivity index (χ0n) is 16.2. The number of amides is 1. The van der Waals surface area contributed by atoms with E-state index in [1.165, 1.54) is 6.92 Å². The highest BCUT2D eigenvalue weighted by atomic mass is 19.1. The molecule has 2 atom stereocenters. The van der Waals surface area contributed by atoms with E-state index in [1.54, 1.807) is 23.1 Å². The van der Waals surface area contributed by atoms with Crippen molar-refractivity contribution in [3.63, 3.8) is 0 Å². The predicted octanol–water partition coefficient (Wildman–Crippen LogP) is 4.39. The number of hydrogen-bond acceptors (Lipinski definition) is 3. The molecule has 5 nitrogen and oxygen atoms in total. The number of hydrogen-bond donors (Lipinski definition) is 0. The highest BCUT2D eigenvalue weighted by molar-refractivity contribution is 5.94. The molecule has 1 aromatic heterocycles. The van der Waals surface area contributed by atoms with Crippen LogP contribution in [-0.2, 0) is 4.74 Å². The van der Waals surface area contributed by atoms with Gasteiger partial charge in [-0.15, -0.1) is 0 Å². The molecule has 1 fully saturated rings. The second kappa shape index (κ2) is 8.49. The van der Waals surface area contributed by atoms with Crippen LogP contribution in [0.25, 0.3) is 5.69 Å². The summed E-state index contributed by atoms with van der Waals surface area (Å²) in [5.41, 5.74) is 2.44. The molecular weight excluding hydrogens is 371 g/mol. The summed E-state index contributed by atoms with van der Waals surface area (Å²) in [5.74, 6) is 0.418. The van der Waals surface area contributed by atoms with Crippen molar-refractivity contribution in [3.8, 4) is 11.4 Å². The maximum Gasteiger partial charge on any atom is 0.254 e. The Hall–Kier alpha value is -3.12. The SMILES string of the molecule is CC(F)Oc1cccc(C2CN(C(=O)c3cccc(-n4cccc4)c3)CCO2)c1. The van der Waals surface area contributed by atoms with Crippen LogP contribution in [-0.4, -0.2) is 41.4 Å². The van der Waals surface area contributed by atoms with Gasteiger partial charge in [-0.2, -0.15) is 0 Å². The molecule has 150 valence electrons. The molecule has 29 heavy (non-hydrogen) atoms. The zero-order chi connectivity index (χ0) is 20.2. The van der Waals surface area contributed by atoms with Crippen LogP contribution in [0.5, 0.6) is 5.75 Å². The van der Waals surface area contributed by atoms with Crippen molar-refractivity contribution in [2.45, 2.75) is 19.4 Å². The quantitative estimate of drug-likeness (QED) is 0.645. The molecule has 2 unspecified atom stereocenters. The van der Waals surface area contributed by atoms with Crippen molar-refractivity contribution in [1.29, 1.82) is 0 Å². The Bertz CT molecular complexity index is 972. The minimum absolute atomic E-state index is 0.0305. The standard InChI is InChI=1S/C23H23FN2O3/c1-17(24)29-21-9-5-6-18(15-21)22-16-26(12-13-28-22)23(27)19-7-4-8-20(14-19)25-10-2-3-11-25/h2-11,14-15,17,22H,12-13,16H2,1H3. The molecule has 1 aliphatic heterocycles. The van der Waals surface area contributed by atoms with Crippen LogP contribution in [0, 0.1) is 0 Å². The number of morpholine rings is 1. The highest BCUT2D eigenvalue weighted by Gasteiger charge is 2.26. The maximum atomic E-state index is 13.1. The van der Waals surface area contributed by atoms with Crippen LogP contribution in [0.2, 0.25) is 0 Å². The maximum absolute atomic E-state index is 13.1. The van der Waals surface area contributed by atoms with E-state index in [2.05, 4.69) is 0 Å². The first-order valence-electron chi connectivity index (χ1n) is 9.65. The summed E-state index contributed by atoms with van der Waals surface area (Å²) in [5, 5.41) is 0. The Labute approximate surface area is 169 Å². The van der Waals surface area contributed by atoms with Crippen molar-refractivity contribution in [2.75, 3.05) is 19.7 Å². The molecule has 1 saturated heterocycles. The number of halogens is 1. The molecule has 2 heterocycles. The van der Waals surface area contributed by atoms with Crippen LogP contribution in [0.3, 0.4) is 0 Å². The number of rotatable bonds is 5. The molecule has 1 amide bonds. The molecule has 3 aromatic rings. The summed E-state index contributed by atoms with van der Waals surface area (Å²) in [6, 6.07) is 18.7. The van der Waals surface area contributed by atoms with Gasteiger partial charge in [0.15, 0.2) is 0 Å². The minimum Gasteiger partial charge on any atom is -0.461 e. The summed E-state index contributed by atoms with van der Waals surface area (Å²) in [6.45, 7) is 2.74. The van der Waals surface area contributed by atoms with Crippen LogP contribution in [0.1, 0.15) is 28.9 Å². The Morgan fingerprint density at radius 1 is 1.14 bits per heavy atom. The third-order valence-electron chi connectivity index (χ3n) is 4.88. The Morgan fingerprint density at radius 3 is 2.72 bits per heavy atom. The molecule has 0 radical (unpaired) electrons. The monoisotopic (exact) mass is 394 g/mol. The molecular formula is C23H23FN2O3. The third kappa shape index (κ3) is 4.49. The molecule has 0 saturated carbocycles. The van der Waals surface area contributed by atoms with Crippen LogP contribution < -0.4 is 4.74 Å². The zero-order valence-corrected chi connectivity index (χ0v) is 16.2. The number of benzene rings is 2. The fourth-order valence-electron chi connectivity index (χ4n) is 3.50. The lowest BCUT2D eigenvalue weighted by molar-refractivity contribution is -0.0230. The Balaban J connectivity index is 1.50. The topological polar surface area (TPSA) is 43.7 Å². The fraction of sp³-hybridized carbons (Fsp3) is 0.261. The van der Waals surface area contributed by atoms with Crippen LogP contribution >= 0.6 is 0 Å². The average Bonchev–Trinajstić information content (AvgIpc) is 3.28. The van der Waals surface area contributed by atoms with Crippen molar-refractivity contribution < 1.29 is 18.7 Å². The molecule has 4 rings (SSSR count). The first-order chi connectivity index (χ1) is 14.1. The molecule has 0 spiro atoms. The molecule has 1 aliphatic rings. The van der Waals surface area contributed by atoms with Gasteiger partial charge < -0.3 is 18.9 Å². The lowest BCUT2D eigenvalue weighted by Crippen LogP contribution is -2.42. The number of carbonyl (C=O) groups excluding carboxylic acids is 1. The van der Waals surface area contributed by atoms with Gasteiger partial charge in [0.25, 0.3) is 5.91 Å². The van der Waals surface area contributed by atoms with E-state index in [9.17, 15) is 9.18 Å². The van der Waals surface area contributed by atoms with Gasteiger partial charge in [0.2, 0.25) is 6.36 Å². The summed E-state index contributed by atoms with van der Waals surface area (Å²) < 4.78 is 26.1. The minimum atomic E-state index is -1.39. The van der Waals surface area contributed by atoms with E-state index in [1.807, 2.05) is 59.4 Å². The smallest absolute Gasteiger partial charge is 0.254 e. The summed E-state index contributed by atoms with van der Waals surface area (Å²) in [4.78, 5) is 14.9. The highest BCUT2D eigenvalue weighted by Crippen LogP contribution is 2.27. The number of nitrogens with zero attached hydrogens (tertiary/aromatic N) is 2. The summed E-state index contributed by atoms with van der Waals surface area (Å²) in [7, 11) is 0. The summed E-state index contributed by atoms with van der Waals surface area (Å²) >= 11 is 0. The first kappa shape index (κ1) is 19.2. The van der Waals surface area contributed by atoms with Crippen molar-refractivity contribution >= 4 is 5.91 Å². The molecule has 0 aliphatic carbocycles. The van der Waals surface area contributed by atoms with Gasteiger partial charge >= 0.3 is 0 Å². The van der Waals surface area contributed by atoms with Crippen molar-refractivity contribution in [1.82, 2.24) is 9.47 Å². The molecule has 2 aromatic carbocycles. The summed E-state index contributed by atoms with van der Waals surface area (Å²) in [6.07, 6.45) is 2.23. The van der Waals surface area contributed by atoms with Gasteiger partial charge in [-0.05, 0) is 48.0 Å². The number of ether oxygens (including phenoxy) is 2. The first-order valence-corrected chi connectivity index (χ1v) is 9.65. The number of carbonyl (C=O) groups is 1. The van der Waals surface area contributed by atoms with E-state index in [4.69, 9.17) is 9.47 Å². The molecule has 0 bridgehead atoms. The van der Waals surface area contributed by atoms with E-state index in [0.29, 0.717) is 31.0 Å². The average molecular weight is 394 g/mol. The molecule has 0 N–H and O–H groups in total. The van der Waals surface area contributed by atoms with E-state index >= 15 is 0 Å². The molecule has 6 heteroatoms. The van der Waals surface area contributed by atoms with Crippen molar-refractivity contribution in [2.24, 2.45) is 0 Å². The van der Waals surface area contributed by atoms with Crippen molar-refractivity contribution in [3.05, 3.63) is 84.2 Å². The fourth-order valence-corrected chi connectivity index (χ4v) is 3.50. The predicted molar refractivity (Wildman–Crippen MR) is 108 cm³/mol. The largest absolute Gasteiger partial charge is 0.461 e. The Morgan fingerprint density at radius 2 is 1.93 bits per heavy atom.